The second-order valence-electron chi connectivity index (χ2n) is 7.78. The summed E-state index contributed by atoms with van der Waals surface area (Å²) in [5.41, 5.74) is 2.30. The lowest BCUT2D eigenvalue weighted by atomic mass is 10.1. The van der Waals surface area contributed by atoms with Crippen molar-refractivity contribution in [2.24, 2.45) is 0 Å². The van der Waals surface area contributed by atoms with Gasteiger partial charge in [0.1, 0.15) is 16.9 Å². The van der Waals surface area contributed by atoms with Crippen LogP contribution >= 0.6 is 11.3 Å². The van der Waals surface area contributed by atoms with Gasteiger partial charge in [0, 0.05) is 47.3 Å². The van der Waals surface area contributed by atoms with E-state index in [2.05, 4.69) is 15.3 Å². The normalized spacial score (nSPS) is 15.2. The molecule has 1 saturated heterocycles. The number of carbonyl (C=O) groups excluding carboxylic acids is 1. The average molecular weight is 454 g/mol. The molecule has 1 unspecified atom stereocenters. The molecule has 1 N–H and O–H groups in total. The summed E-state index contributed by atoms with van der Waals surface area (Å²) >= 11 is 1.59. The van der Waals surface area contributed by atoms with Gasteiger partial charge >= 0.3 is 0 Å². The first kappa shape index (κ1) is 22.2. The van der Waals surface area contributed by atoms with Crippen molar-refractivity contribution in [1.29, 1.82) is 0 Å². The van der Waals surface area contributed by atoms with Crippen molar-refractivity contribution in [3.8, 4) is 22.2 Å². The van der Waals surface area contributed by atoms with Crippen molar-refractivity contribution in [3.05, 3.63) is 58.7 Å². The Morgan fingerprint density at radius 2 is 2.00 bits per heavy atom. The van der Waals surface area contributed by atoms with Gasteiger partial charge in [-0.2, -0.15) is 0 Å². The van der Waals surface area contributed by atoms with Crippen molar-refractivity contribution >= 4 is 17.2 Å². The lowest BCUT2D eigenvalue weighted by Crippen LogP contribution is -2.27. The number of nitrogens with zero attached hydrogens (tertiary/aromatic N) is 2. The van der Waals surface area contributed by atoms with Crippen LogP contribution in [0.1, 0.15) is 46.6 Å². The number of pyridine rings is 1. The molecule has 0 saturated carbocycles. The Labute approximate surface area is 191 Å². The number of amides is 1. The second kappa shape index (κ2) is 10.1. The zero-order valence-corrected chi connectivity index (χ0v) is 19.3. The maximum atomic E-state index is 13.1. The topological polar surface area (TPSA) is 82.6 Å². The predicted molar refractivity (Wildman–Crippen MR) is 123 cm³/mol. The Hall–Kier alpha value is -2.97. The van der Waals surface area contributed by atoms with E-state index in [-0.39, 0.29) is 18.1 Å². The van der Waals surface area contributed by atoms with Crippen LogP contribution in [0.4, 0.5) is 0 Å². The van der Waals surface area contributed by atoms with Crippen molar-refractivity contribution in [2.45, 2.75) is 38.8 Å². The fourth-order valence-corrected chi connectivity index (χ4v) is 4.28. The first-order chi connectivity index (χ1) is 15.5. The minimum atomic E-state index is -0.216. The van der Waals surface area contributed by atoms with E-state index in [0.717, 1.165) is 33.9 Å². The van der Waals surface area contributed by atoms with Gasteiger partial charge in [0.2, 0.25) is 5.88 Å². The van der Waals surface area contributed by atoms with E-state index in [4.69, 9.17) is 14.2 Å². The van der Waals surface area contributed by atoms with Crippen LogP contribution in [0, 0.1) is 6.92 Å². The second-order valence-corrected chi connectivity index (χ2v) is 9.02. The van der Waals surface area contributed by atoms with E-state index in [1.54, 1.807) is 36.8 Å². The molecular formula is C24H27N3O4S. The molecule has 0 spiro atoms. The summed E-state index contributed by atoms with van der Waals surface area (Å²) in [4.78, 5) is 23.0. The van der Waals surface area contributed by atoms with E-state index in [9.17, 15) is 4.79 Å². The molecule has 1 aliphatic heterocycles. The van der Waals surface area contributed by atoms with Crippen LogP contribution < -0.4 is 14.8 Å². The maximum Gasteiger partial charge on any atom is 0.251 e. The molecule has 3 aromatic rings. The maximum absolute atomic E-state index is 13.1. The molecule has 32 heavy (non-hydrogen) atoms. The summed E-state index contributed by atoms with van der Waals surface area (Å²) in [6.07, 6.45) is 5.30. The minimum absolute atomic E-state index is 0.0808. The number of nitrogens with one attached hydrogen (secondary N) is 1. The highest BCUT2D eigenvalue weighted by Gasteiger charge is 2.19. The molecule has 0 aliphatic carbocycles. The van der Waals surface area contributed by atoms with Crippen LogP contribution in [0.25, 0.3) is 10.6 Å². The highest BCUT2D eigenvalue weighted by molar-refractivity contribution is 7.14. The third-order valence-corrected chi connectivity index (χ3v) is 6.29. The minimum Gasteiger partial charge on any atom is -0.490 e. The van der Waals surface area contributed by atoms with Crippen molar-refractivity contribution in [1.82, 2.24) is 15.3 Å². The first-order valence-electron chi connectivity index (χ1n) is 10.6. The van der Waals surface area contributed by atoms with Gasteiger partial charge in [0.05, 0.1) is 26.4 Å². The molecule has 1 aromatic carbocycles. The van der Waals surface area contributed by atoms with Crippen molar-refractivity contribution < 1.29 is 19.0 Å². The fraction of sp³-hybridized carbons (Fsp3) is 0.375. The van der Waals surface area contributed by atoms with Gasteiger partial charge < -0.3 is 19.5 Å². The summed E-state index contributed by atoms with van der Waals surface area (Å²) < 4.78 is 16.8. The summed E-state index contributed by atoms with van der Waals surface area (Å²) in [7, 11) is 1.57. The van der Waals surface area contributed by atoms with Crippen LogP contribution in [0.5, 0.6) is 11.6 Å². The van der Waals surface area contributed by atoms with Gasteiger partial charge in [-0.25, -0.2) is 9.97 Å². The molecule has 4 rings (SSSR count). The Kier molecular flexibility index (Phi) is 7.02. The molecular weight excluding hydrogens is 426 g/mol. The van der Waals surface area contributed by atoms with Crippen molar-refractivity contribution in [3.63, 3.8) is 0 Å². The summed E-state index contributed by atoms with van der Waals surface area (Å²) in [6.45, 7) is 5.32. The third kappa shape index (κ3) is 5.44. The number of methoxy groups -OCH3 is 1. The number of rotatable bonds is 7. The highest BCUT2D eigenvalue weighted by atomic mass is 32.1. The van der Waals surface area contributed by atoms with Gasteiger partial charge in [-0.05, 0) is 37.6 Å². The van der Waals surface area contributed by atoms with Crippen LogP contribution in [-0.4, -0.2) is 42.3 Å². The smallest absolute Gasteiger partial charge is 0.251 e. The number of aromatic nitrogens is 2. The SMILES string of the molecule is COc1ccc(C(C)NC(=O)c2cc(OC3CCOCC3)cc(-c3ncc(C)s3)c2)cn1. The molecule has 0 bridgehead atoms. The van der Waals surface area contributed by atoms with Crippen LogP contribution in [0.3, 0.4) is 0 Å². The number of hydrogen-bond acceptors (Lipinski definition) is 7. The van der Waals surface area contributed by atoms with Gasteiger partial charge in [0.15, 0.2) is 0 Å². The fourth-order valence-electron chi connectivity index (χ4n) is 3.53. The molecule has 7 nitrogen and oxygen atoms in total. The molecule has 0 radical (unpaired) electrons. The standard InChI is InChI=1S/C24H27N3O4S/c1-15-13-26-24(32-15)19-10-18(11-21(12-19)31-20-6-8-30-9-7-20)23(28)27-16(2)17-4-5-22(29-3)25-14-17/h4-5,10-14,16,20H,6-9H2,1-3H3,(H,27,28). The molecule has 1 atom stereocenters. The highest BCUT2D eigenvalue weighted by Crippen LogP contribution is 2.31. The van der Waals surface area contributed by atoms with Gasteiger partial charge in [-0.1, -0.05) is 6.07 Å². The van der Waals surface area contributed by atoms with E-state index in [1.807, 2.05) is 38.2 Å². The number of ether oxygens (including phenoxy) is 3. The van der Waals surface area contributed by atoms with E-state index in [0.29, 0.717) is 30.4 Å². The Morgan fingerprint density at radius 3 is 2.66 bits per heavy atom. The van der Waals surface area contributed by atoms with Crippen LogP contribution in [0.2, 0.25) is 0 Å². The largest absolute Gasteiger partial charge is 0.490 e. The molecule has 2 aromatic heterocycles. The van der Waals surface area contributed by atoms with E-state index >= 15 is 0 Å². The van der Waals surface area contributed by atoms with Gasteiger partial charge in [-0.3, -0.25) is 4.79 Å². The lowest BCUT2D eigenvalue weighted by molar-refractivity contribution is 0.0255. The van der Waals surface area contributed by atoms with Crippen LogP contribution in [-0.2, 0) is 4.74 Å². The number of benzene rings is 1. The molecule has 1 fully saturated rings. The van der Waals surface area contributed by atoms with Crippen molar-refractivity contribution in [2.75, 3.05) is 20.3 Å². The predicted octanol–water partition coefficient (Wildman–Crippen LogP) is 4.57. The van der Waals surface area contributed by atoms with Gasteiger partial charge in [-0.15, -0.1) is 11.3 Å². The number of aryl methyl sites for hydroxylation is 1. The summed E-state index contributed by atoms with van der Waals surface area (Å²) in [5, 5.41) is 3.91. The quantitative estimate of drug-likeness (QED) is 0.564. The zero-order valence-electron chi connectivity index (χ0n) is 18.5. The molecule has 1 amide bonds. The number of carbonyl (C=O) groups is 1. The third-order valence-electron chi connectivity index (χ3n) is 5.32. The average Bonchev–Trinajstić information content (AvgIpc) is 3.26. The number of thiazole rings is 1. The van der Waals surface area contributed by atoms with Gasteiger partial charge in [0.25, 0.3) is 5.91 Å². The van der Waals surface area contributed by atoms with E-state index in [1.165, 1.54) is 0 Å². The number of hydrogen-bond donors (Lipinski definition) is 1. The molecule has 3 heterocycles. The zero-order chi connectivity index (χ0) is 22.5. The monoisotopic (exact) mass is 453 g/mol. The molecule has 8 heteroatoms. The summed E-state index contributed by atoms with van der Waals surface area (Å²) in [5.74, 6) is 1.03. The molecule has 168 valence electrons. The van der Waals surface area contributed by atoms with E-state index < -0.39 is 0 Å². The molecule has 1 aliphatic rings. The lowest BCUT2D eigenvalue weighted by Gasteiger charge is -2.24. The summed E-state index contributed by atoms with van der Waals surface area (Å²) in [6, 6.07) is 9.08. The Morgan fingerprint density at radius 1 is 1.19 bits per heavy atom. The van der Waals surface area contributed by atoms with Crippen LogP contribution in [0.15, 0.2) is 42.7 Å². The Bertz CT molecular complexity index is 1060. The Balaban J connectivity index is 1.57. The first-order valence-corrected chi connectivity index (χ1v) is 11.5.